The summed E-state index contributed by atoms with van der Waals surface area (Å²) < 4.78 is 44.8. The fourth-order valence-electron chi connectivity index (χ4n) is 2.09. The van der Waals surface area contributed by atoms with Crippen LogP contribution in [0.4, 0.5) is 4.39 Å². The predicted molar refractivity (Wildman–Crippen MR) is 89.6 cm³/mol. The van der Waals surface area contributed by atoms with Gasteiger partial charge in [0.25, 0.3) is 0 Å². The van der Waals surface area contributed by atoms with E-state index in [4.69, 9.17) is 9.84 Å². The van der Waals surface area contributed by atoms with Gasteiger partial charge >= 0.3 is 5.97 Å². The number of carboxylic acids is 1. The zero-order valence-electron chi connectivity index (χ0n) is 13.5. The first kappa shape index (κ1) is 18.9. The fourth-order valence-corrected chi connectivity index (χ4v) is 3.22. The number of ether oxygens (including phenoxy) is 1. The van der Waals surface area contributed by atoms with Crippen molar-refractivity contribution in [1.29, 1.82) is 0 Å². The summed E-state index contributed by atoms with van der Waals surface area (Å²) in [7, 11) is -3.71. The maximum Gasteiger partial charge on any atom is 0.341 e. The Labute approximate surface area is 145 Å². The average molecular weight is 367 g/mol. The molecule has 0 aliphatic heterocycles. The highest BCUT2D eigenvalue weighted by molar-refractivity contribution is 7.89. The van der Waals surface area contributed by atoms with Gasteiger partial charge in [0.15, 0.2) is 6.61 Å². The number of nitrogens with one attached hydrogen (secondary N) is 1. The lowest BCUT2D eigenvalue weighted by Gasteiger charge is -2.14. The summed E-state index contributed by atoms with van der Waals surface area (Å²) in [4.78, 5) is 10.5. The molecule has 134 valence electrons. The van der Waals surface area contributed by atoms with Crippen LogP contribution in [0.1, 0.15) is 18.4 Å². The molecule has 0 bridgehead atoms. The first-order chi connectivity index (χ1) is 11.8. The van der Waals surface area contributed by atoms with E-state index in [0.29, 0.717) is 5.75 Å². The zero-order chi connectivity index (χ0) is 18.4. The molecule has 0 spiro atoms. The van der Waals surface area contributed by atoms with Gasteiger partial charge in [-0.05, 0) is 47.9 Å². The zero-order valence-corrected chi connectivity index (χ0v) is 14.3. The molecule has 6 nitrogen and oxygen atoms in total. The Morgan fingerprint density at radius 2 is 1.76 bits per heavy atom. The van der Waals surface area contributed by atoms with Crippen LogP contribution in [-0.4, -0.2) is 32.6 Å². The molecule has 0 saturated heterocycles. The summed E-state index contributed by atoms with van der Waals surface area (Å²) >= 11 is 0. The summed E-state index contributed by atoms with van der Waals surface area (Å²) in [5.74, 6) is -1.26. The van der Waals surface area contributed by atoms with Crippen LogP contribution >= 0.6 is 0 Å². The second-order valence-electron chi connectivity index (χ2n) is 5.46. The molecular weight excluding hydrogens is 349 g/mol. The van der Waals surface area contributed by atoms with E-state index in [0.717, 1.165) is 17.7 Å². The summed E-state index contributed by atoms with van der Waals surface area (Å²) in [5, 5.41) is 8.56. The molecule has 1 atom stereocenters. The maximum absolute atomic E-state index is 12.9. The van der Waals surface area contributed by atoms with Gasteiger partial charge in [-0.1, -0.05) is 19.1 Å². The highest BCUT2D eigenvalue weighted by atomic mass is 32.2. The lowest BCUT2D eigenvalue weighted by molar-refractivity contribution is -0.139. The van der Waals surface area contributed by atoms with Gasteiger partial charge in [0.1, 0.15) is 11.6 Å². The number of carbonyl (C=O) groups is 1. The lowest BCUT2D eigenvalue weighted by Crippen LogP contribution is -2.27. The third-order valence-corrected chi connectivity index (χ3v) is 4.95. The van der Waals surface area contributed by atoms with Gasteiger partial charge in [-0.2, -0.15) is 0 Å². The van der Waals surface area contributed by atoms with Gasteiger partial charge < -0.3 is 9.84 Å². The first-order valence-electron chi connectivity index (χ1n) is 7.48. The van der Waals surface area contributed by atoms with Crippen LogP contribution in [0.25, 0.3) is 0 Å². The average Bonchev–Trinajstić information content (AvgIpc) is 2.59. The van der Waals surface area contributed by atoms with E-state index < -0.39 is 28.4 Å². The van der Waals surface area contributed by atoms with Gasteiger partial charge in [-0.25, -0.2) is 22.3 Å². The monoisotopic (exact) mass is 367 g/mol. The summed E-state index contributed by atoms with van der Waals surface area (Å²) in [5.41, 5.74) is 0.865. The minimum absolute atomic E-state index is 0.00137. The van der Waals surface area contributed by atoms with Gasteiger partial charge in [-0.3, -0.25) is 0 Å². The number of hydrogen-bond donors (Lipinski definition) is 2. The van der Waals surface area contributed by atoms with Crippen LogP contribution in [0.2, 0.25) is 0 Å². The molecule has 0 aromatic heterocycles. The highest BCUT2D eigenvalue weighted by Gasteiger charge is 2.16. The number of sulfonamides is 1. The molecule has 0 saturated carbocycles. The van der Waals surface area contributed by atoms with Crippen molar-refractivity contribution < 1.29 is 27.4 Å². The van der Waals surface area contributed by atoms with Crippen molar-refractivity contribution in [3.63, 3.8) is 0 Å². The van der Waals surface area contributed by atoms with Crippen LogP contribution < -0.4 is 9.46 Å². The molecule has 0 aliphatic rings. The molecule has 0 aliphatic carbocycles. The van der Waals surface area contributed by atoms with Crippen molar-refractivity contribution in [3.8, 4) is 5.75 Å². The van der Waals surface area contributed by atoms with Crippen molar-refractivity contribution in [2.24, 2.45) is 0 Å². The Bertz CT molecular complexity index is 819. The van der Waals surface area contributed by atoms with E-state index in [-0.39, 0.29) is 17.4 Å². The third-order valence-electron chi connectivity index (χ3n) is 3.51. The van der Waals surface area contributed by atoms with Crippen LogP contribution in [0.3, 0.4) is 0 Å². The van der Waals surface area contributed by atoms with Crippen molar-refractivity contribution in [2.75, 3.05) is 13.2 Å². The van der Waals surface area contributed by atoms with Gasteiger partial charge in [0, 0.05) is 6.54 Å². The third kappa shape index (κ3) is 5.54. The fraction of sp³-hybridized carbons (Fsp3) is 0.235. The SMILES string of the molecule is CC(CNS(=O)(=O)c1ccc(F)cc1)c1ccc(OCC(=O)O)cc1. The van der Waals surface area contributed by atoms with Crippen molar-refractivity contribution in [2.45, 2.75) is 17.7 Å². The highest BCUT2D eigenvalue weighted by Crippen LogP contribution is 2.19. The van der Waals surface area contributed by atoms with Gasteiger partial charge in [0.2, 0.25) is 10.0 Å². The molecule has 0 fully saturated rings. The molecule has 0 amide bonds. The van der Waals surface area contributed by atoms with Crippen LogP contribution in [0.5, 0.6) is 5.75 Å². The van der Waals surface area contributed by atoms with Crippen LogP contribution in [0.15, 0.2) is 53.4 Å². The van der Waals surface area contributed by atoms with Crippen LogP contribution in [-0.2, 0) is 14.8 Å². The number of halogens is 1. The van der Waals surface area contributed by atoms with E-state index in [1.165, 1.54) is 12.1 Å². The molecule has 1 unspecified atom stereocenters. The minimum atomic E-state index is -3.71. The lowest BCUT2D eigenvalue weighted by atomic mass is 10.0. The molecule has 2 N–H and O–H groups in total. The number of rotatable bonds is 8. The summed E-state index contributed by atoms with van der Waals surface area (Å²) in [6.07, 6.45) is 0. The normalized spacial score (nSPS) is 12.6. The molecule has 2 aromatic rings. The smallest absolute Gasteiger partial charge is 0.341 e. The van der Waals surface area contributed by atoms with E-state index in [2.05, 4.69) is 4.72 Å². The Hall–Kier alpha value is -2.45. The number of hydrogen-bond acceptors (Lipinski definition) is 4. The molecule has 0 radical (unpaired) electrons. The van der Waals surface area contributed by atoms with E-state index >= 15 is 0 Å². The van der Waals surface area contributed by atoms with E-state index in [1.54, 1.807) is 24.3 Å². The Kier molecular flexibility index (Phi) is 6.11. The minimum Gasteiger partial charge on any atom is -0.482 e. The van der Waals surface area contributed by atoms with E-state index in [9.17, 15) is 17.6 Å². The topological polar surface area (TPSA) is 92.7 Å². The van der Waals surface area contributed by atoms with Crippen LogP contribution in [0, 0.1) is 5.82 Å². The quantitative estimate of drug-likeness (QED) is 0.747. The summed E-state index contributed by atoms with van der Waals surface area (Å²) in [6.45, 7) is 1.59. The summed E-state index contributed by atoms with van der Waals surface area (Å²) in [6, 6.07) is 11.3. The van der Waals surface area contributed by atoms with Crippen molar-refractivity contribution in [1.82, 2.24) is 4.72 Å². The Balaban J connectivity index is 1.96. The second kappa shape index (κ2) is 8.09. The second-order valence-corrected chi connectivity index (χ2v) is 7.23. The Morgan fingerprint density at radius 3 is 2.32 bits per heavy atom. The standard InChI is InChI=1S/C17H18FNO5S/c1-12(13-2-6-15(7-3-13)24-11-17(20)21)10-19-25(22,23)16-8-4-14(18)5-9-16/h2-9,12,19H,10-11H2,1H3,(H,20,21). The first-order valence-corrected chi connectivity index (χ1v) is 8.96. The van der Waals surface area contributed by atoms with Crippen molar-refractivity contribution >= 4 is 16.0 Å². The van der Waals surface area contributed by atoms with E-state index in [1.807, 2.05) is 6.92 Å². The molecule has 2 rings (SSSR count). The van der Waals surface area contributed by atoms with Crippen molar-refractivity contribution in [3.05, 3.63) is 59.9 Å². The Morgan fingerprint density at radius 1 is 1.16 bits per heavy atom. The predicted octanol–water partition coefficient (Wildman–Crippen LogP) is 2.37. The largest absolute Gasteiger partial charge is 0.482 e. The number of benzene rings is 2. The number of carboxylic acid groups (broad SMARTS) is 1. The van der Waals surface area contributed by atoms with Gasteiger partial charge in [-0.15, -0.1) is 0 Å². The molecular formula is C17H18FNO5S. The van der Waals surface area contributed by atoms with Gasteiger partial charge in [0.05, 0.1) is 4.90 Å². The molecule has 2 aromatic carbocycles. The molecule has 8 heteroatoms. The molecule has 0 heterocycles. The molecule has 25 heavy (non-hydrogen) atoms. The number of aliphatic carboxylic acids is 1. The maximum atomic E-state index is 12.9.